The van der Waals surface area contributed by atoms with E-state index in [9.17, 15) is 13.2 Å². The molecule has 0 unspecified atom stereocenters. The molecule has 0 aliphatic carbocycles. The maximum atomic E-state index is 12.9. The Labute approximate surface area is 263 Å². The molecule has 10 heteroatoms. The fourth-order valence-corrected chi connectivity index (χ4v) is 6.21. The van der Waals surface area contributed by atoms with Gasteiger partial charge < -0.3 is 23.5 Å². The van der Waals surface area contributed by atoms with Crippen LogP contribution in [-0.2, 0) is 23.2 Å². The van der Waals surface area contributed by atoms with E-state index in [0.29, 0.717) is 47.9 Å². The molecule has 0 aliphatic heterocycles. The van der Waals surface area contributed by atoms with Gasteiger partial charge in [0.25, 0.3) is 0 Å². The lowest BCUT2D eigenvalue weighted by atomic mass is 9.97. The normalized spacial score (nSPS) is 11.6. The zero-order valence-electron chi connectivity index (χ0n) is 25.7. The number of nitrogens with one attached hydrogen (secondary N) is 1. The van der Waals surface area contributed by atoms with Crippen molar-refractivity contribution in [3.8, 4) is 28.4 Å². The third-order valence-electron chi connectivity index (χ3n) is 7.62. The highest BCUT2D eigenvalue weighted by Crippen LogP contribution is 2.36. The fourth-order valence-electron chi connectivity index (χ4n) is 5.15. The molecule has 1 aromatic heterocycles. The largest absolute Gasteiger partial charge is 0.496 e. The highest BCUT2D eigenvalue weighted by atomic mass is 32.2. The van der Waals surface area contributed by atoms with Gasteiger partial charge in [-0.25, -0.2) is 17.9 Å². The van der Waals surface area contributed by atoms with Gasteiger partial charge in [0.1, 0.15) is 29.4 Å². The third-order valence-corrected chi connectivity index (χ3v) is 9.08. The van der Waals surface area contributed by atoms with Gasteiger partial charge in [-0.1, -0.05) is 48.5 Å². The summed E-state index contributed by atoms with van der Waals surface area (Å²) in [5, 5.41) is 0.525. The van der Waals surface area contributed by atoms with Crippen molar-refractivity contribution in [2.24, 2.45) is 0 Å². The minimum atomic E-state index is -3.78. The molecule has 4 aromatic carbocycles. The Hall–Kier alpha value is -4.64. The van der Waals surface area contributed by atoms with Crippen LogP contribution in [0, 0.1) is 6.92 Å². The van der Waals surface area contributed by atoms with Crippen LogP contribution in [0.3, 0.4) is 0 Å². The number of hydrogen-bond donors (Lipinski definition) is 1. The summed E-state index contributed by atoms with van der Waals surface area (Å²) in [5.41, 5.74) is 5.21. The van der Waals surface area contributed by atoms with Gasteiger partial charge in [0, 0.05) is 43.2 Å². The molecule has 0 fully saturated rings. The summed E-state index contributed by atoms with van der Waals surface area (Å²) in [5.74, 6) is 1.82. The maximum absolute atomic E-state index is 12.9. The second-order valence-corrected chi connectivity index (χ2v) is 12.4. The number of methoxy groups -OCH3 is 2. The van der Waals surface area contributed by atoms with Crippen LogP contribution in [0.15, 0.2) is 105 Å². The predicted molar refractivity (Wildman–Crippen MR) is 174 cm³/mol. The minimum absolute atomic E-state index is 0.0902. The molecular formula is C35H36N2O7S. The standard InChI is InChI=1S/C35H36N2O7S/c1-24-27(11-8-12-30(24)25-9-6-5-7-10-25)23-43-28-20-33(41-3)31(34(21-28)42-4)22-37(2)18-17-36-45(39,40)29-14-15-32-26(19-29)13-16-35(38)44-32/h5-16,19-21,36H,17-18,22-23H2,1-4H3. The van der Waals surface area contributed by atoms with E-state index in [1.165, 1.54) is 35.9 Å². The Morgan fingerprint density at radius 1 is 0.867 bits per heavy atom. The molecule has 0 saturated carbocycles. The van der Waals surface area contributed by atoms with Crippen molar-refractivity contribution in [2.75, 3.05) is 34.4 Å². The van der Waals surface area contributed by atoms with Gasteiger partial charge >= 0.3 is 5.63 Å². The SMILES string of the molecule is COc1cc(OCc2cccc(-c3ccccc3)c2C)cc(OC)c1CN(C)CCNS(=O)(=O)c1ccc2oc(=O)ccc2c1. The molecule has 1 N–H and O–H groups in total. The van der Waals surface area contributed by atoms with Crippen molar-refractivity contribution in [1.29, 1.82) is 0 Å². The molecule has 0 bridgehead atoms. The molecule has 234 valence electrons. The van der Waals surface area contributed by atoms with Crippen molar-refractivity contribution in [3.63, 3.8) is 0 Å². The summed E-state index contributed by atoms with van der Waals surface area (Å²) < 4.78 is 51.2. The zero-order chi connectivity index (χ0) is 32.0. The molecule has 45 heavy (non-hydrogen) atoms. The monoisotopic (exact) mass is 628 g/mol. The number of sulfonamides is 1. The molecule has 0 saturated heterocycles. The lowest BCUT2D eigenvalue weighted by Gasteiger charge is -2.21. The number of benzene rings is 4. The summed E-state index contributed by atoms with van der Waals surface area (Å²) in [6.07, 6.45) is 0. The Morgan fingerprint density at radius 3 is 2.31 bits per heavy atom. The lowest BCUT2D eigenvalue weighted by molar-refractivity contribution is 0.291. The van der Waals surface area contributed by atoms with E-state index in [1.54, 1.807) is 14.2 Å². The summed E-state index contributed by atoms with van der Waals surface area (Å²) in [4.78, 5) is 13.5. The zero-order valence-corrected chi connectivity index (χ0v) is 26.5. The molecule has 1 heterocycles. The van der Waals surface area contributed by atoms with E-state index in [4.69, 9.17) is 18.6 Å². The highest BCUT2D eigenvalue weighted by Gasteiger charge is 2.18. The van der Waals surface area contributed by atoms with Crippen molar-refractivity contribution in [1.82, 2.24) is 9.62 Å². The van der Waals surface area contributed by atoms with Crippen molar-refractivity contribution in [3.05, 3.63) is 118 Å². The first-order chi connectivity index (χ1) is 21.7. The average molecular weight is 629 g/mol. The minimum Gasteiger partial charge on any atom is -0.496 e. The summed E-state index contributed by atoms with van der Waals surface area (Å²) >= 11 is 0. The Balaban J connectivity index is 1.23. The Kier molecular flexibility index (Phi) is 9.87. The smallest absolute Gasteiger partial charge is 0.336 e. The van der Waals surface area contributed by atoms with Crippen LogP contribution in [0.4, 0.5) is 0 Å². The molecule has 5 aromatic rings. The van der Waals surface area contributed by atoms with Crippen LogP contribution in [0.2, 0.25) is 0 Å². The summed E-state index contributed by atoms with van der Waals surface area (Å²) in [6.45, 7) is 3.52. The predicted octanol–water partition coefficient (Wildman–Crippen LogP) is 5.77. The summed E-state index contributed by atoms with van der Waals surface area (Å²) in [6, 6.07) is 27.3. The molecule has 9 nitrogen and oxygen atoms in total. The molecule has 0 atom stereocenters. The highest BCUT2D eigenvalue weighted by molar-refractivity contribution is 7.89. The van der Waals surface area contributed by atoms with Crippen molar-refractivity contribution < 1.29 is 27.0 Å². The van der Waals surface area contributed by atoms with Crippen LogP contribution in [0.1, 0.15) is 16.7 Å². The first-order valence-corrected chi connectivity index (χ1v) is 15.9. The third kappa shape index (κ3) is 7.54. The van der Waals surface area contributed by atoms with Gasteiger partial charge in [-0.2, -0.15) is 0 Å². The van der Waals surface area contributed by atoms with Crippen LogP contribution in [0.5, 0.6) is 17.2 Å². The number of ether oxygens (including phenoxy) is 3. The number of likely N-dealkylation sites (N-methyl/N-ethyl adjacent to an activating group) is 1. The van der Waals surface area contributed by atoms with E-state index in [-0.39, 0.29) is 11.4 Å². The van der Waals surface area contributed by atoms with Gasteiger partial charge in [0.15, 0.2) is 0 Å². The van der Waals surface area contributed by atoms with Crippen LogP contribution >= 0.6 is 0 Å². The van der Waals surface area contributed by atoms with E-state index in [1.807, 2.05) is 48.3 Å². The Morgan fingerprint density at radius 2 is 1.60 bits per heavy atom. The molecular weight excluding hydrogens is 592 g/mol. The second-order valence-electron chi connectivity index (χ2n) is 10.6. The van der Waals surface area contributed by atoms with Gasteiger partial charge in [-0.3, -0.25) is 0 Å². The molecule has 0 aliphatic rings. The lowest BCUT2D eigenvalue weighted by Crippen LogP contribution is -2.33. The molecule has 5 rings (SSSR count). The van der Waals surface area contributed by atoms with Crippen LogP contribution in [0.25, 0.3) is 22.1 Å². The number of fused-ring (bicyclic) bond motifs is 1. The van der Waals surface area contributed by atoms with Crippen LogP contribution in [-0.4, -0.2) is 47.7 Å². The van der Waals surface area contributed by atoms with Crippen molar-refractivity contribution >= 4 is 21.0 Å². The van der Waals surface area contributed by atoms with E-state index < -0.39 is 15.6 Å². The quantitative estimate of drug-likeness (QED) is 0.164. The van der Waals surface area contributed by atoms with E-state index in [2.05, 4.69) is 35.9 Å². The van der Waals surface area contributed by atoms with Crippen molar-refractivity contribution in [2.45, 2.75) is 25.0 Å². The number of rotatable bonds is 13. The molecule has 0 amide bonds. The summed E-state index contributed by atoms with van der Waals surface area (Å²) in [7, 11) is 1.30. The van der Waals surface area contributed by atoms with Gasteiger partial charge in [0.05, 0.1) is 24.7 Å². The van der Waals surface area contributed by atoms with E-state index >= 15 is 0 Å². The Bertz CT molecular complexity index is 1930. The fraction of sp³-hybridized carbons (Fsp3) is 0.229. The average Bonchev–Trinajstić information content (AvgIpc) is 3.04. The first-order valence-electron chi connectivity index (χ1n) is 14.4. The van der Waals surface area contributed by atoms with Crippen LogP contribution < -0.4 is 24.6 Å². The molecule has 0 spiro atoms. The number of nitrogens with zero attached hydrogens (tertiary/aromatic N) is 1. The number of hydrogen-bond acceptors (Lipinski definition) is 8. The first kappa shape index (κ1) is 31.8. The maximum Gasteiger partial charge on any atom is 0.336 e. The molecule has 0 radical (unpaired) electrons. The van der Waals surface area contributed by atoms with Gasteiger partial charge in [-0.05, 0) is 60.5 Å². The van der Waals surface area contributed by atoms with E-state index in [0.717, 1.165) is 22.3 Å². The second kappa shape index (κ2) is 14.0. The topological polar surface area (TPSA) is 107 Å². The van der Waals surface area contributed by atoms with Gasteiger partial charge in [-0.15, -0.1) is 0 Å². The van der Waals surface area contributed by atoms with Gasteiger partial charge in [0.2, 0.25) is 10.0 Å².